The Balaban J connectivity index is 1.82. The van der Waals surface area contributed by atoms with Crippen molar-refractivity contribution in [2.24, 2.45) is 0 Å². The van der Waals surface area contributed by atoms with Gasteiger partial charge in [0.25, 0.3) is 0 Å². The van der Waals surface area contributed by atoms with Crippen molar-refractivity contribution >= 4 is 38.7 Å². The second-order valence-electron chi connectivity index (χ2n) is 4.90. The van der Waals surface area contributed by atoms with Crippen LogP contribution < -0.4 is 5.32 Å². The summed E-state index contributed by atoms with van der Waals surface area (Å²) in [7, 11) is 0. The van der Waals surface area contributed by atoms with Crippen molar-refractivity contribution in [2.45, 2.75) is 33.4 Å². The van der Waals surface area contributed by atoms with E-state index in [9.17, 15) is 0 Å². The van der Waals surface area contributed by atoms with Gasteiger partial charge >= 0.3 is 0 Å². The molecule has 0 saturated heterocycles. The summed E-state index contributed by atoms with van der Waals surface area (Å²) in [6.45, 7) is 5.69. The Morgan fingerprint density at radius 1 is 1.29 bits per heavy atom. The monoisotopic (exact) mass is 319 g/mol. The number of anilines is 1. The molecule has 0 aliphatic rings. The Labute approximate surface area is 133 Å². The molecular formula is C16H18ClN3S. The van der Waals surface area contributed by atoms with Gasteiger partial charge in [-0.2, -0.15) is 5.10 Å². The molecule has 0 aliphatic carbocycles. The molecule has 0 spiro atoms. The number of fused-ring (bicyclic) bond motifs is 1. The number of aromatic nitrogens is 2. The molecule has 0 saturated carbocycles. The normalized spacial score (nSPS) is 11.2. The van der Waals surface area contributed by atoms with E-state index in [1.54, 1.807) is 11.3 Å². The number of hydrogen-bond acceptors (Lipinski definition) is 3. The first-order chi connectivity index (χ1) is 10.2. The highest BCUT2D eigenvalue weighted by molar-refractivity contribution is 7.17. The maximum Gasteiger partial charge on any atom is 0.0868 e. The lowest BCUT2D eigenvalue weighted by molar-refractivity contribution is 0.619. The first kappa shape index (κ1) is 14.4. The molecule has 1 N–H and O–H groups in total. The lowest BCUT2D eigenvalue weighted by Gasteiger charge is -2.09. The zero-order chi connectivity index (χ0) is 14.8. The fourth-order valence-electron chi connectivity index (χ4n) is 2.45. The quantitative estimate of drug-likeness (QED) is 0.721. The molecule has 3 nitrogen and oxygen atoms in total. The van der Waals surface area contributed by atoms with E-state index in [1.807, 2.05) is 4.68 Å². The van der Waals surface area contributed by atoms with Gasteiger partial charge in [0, 0.05) is 16.9 Å². The van der Waals surface area contributed by atoms with Crippen LogP contribution in [0.15, 0.2) is 29.6 Å². The van der Waals surface area contributed by atoms with Gasteiger partial charge in [0.1, 0.15) is 0 Å². The predicted octanol–water partition coefficient (Wildman–Crippen LogP) is 4.95. The summed E-state index contributed by atoms with van der Waals surface area (Å²) in [4.78, 5) is 0. The highest BCUT2D eigenvalue weighted by Gasteiger charge is 2.13. The molecule has 21 heavy (non-hydrogen) atoms. The second kappa shape index (κ2) is 6.08. The average molecular weight is 320 g/mol. The van der Waals surface area contributed by atoms with E-state index in [1.165, 1.54) is 10.1 Å². The van der Waals surface area contributed by atoms with E-state index in [-0.39, 0.29) is 0 Å². The lowest BCUT2D eigenvalue weighted by Crippen LogP contribution is -2.08. The summed E-state index contributed by atoms with van der Waals surface area (Å²) in [5.74, 6) is 0. The van der Waals surface area contributed by atoms with E-state index in [0.29, 0.717) is 6.54 Å². The van der Waals surface area contributed by atoms with Crippen molar-refractivity contribution in [3.8, 4) is 0 Å². The van der Waals surface area contributed by atoms with Crippen molar-refractivity contribution in [3.05, 3.63) is 46.1 Å². The topological polar surface area (TPSA) is 29.9 Å². The minimum absolute atomic E-state index is 0.690. The molecule has 2 aromatic heterocycles. The molecule has 110 valence electrons. The summed E-state index contributed by atoms with van der Waals surface area (Å²) in [6, 6.07) is 8.58. The van der Waals surface area contributed by atoms with Crippen molar-refractivity contribution in [1.29, 1.82) is 0 Å². The number of benzene rings is 1. The van der Waals surface area contributed by atoms with Crippen molar-refractivity contribution < 1.29 is 0 Å². The van der Waals surface area contributed by atoms with Crippen LogP contribution >= 0.6 is 22.9 Å². The highest BCUT2D eigenvalue weighted by Crippen LogP contribution is 2.26. The number of hydrogen-bond donors (Lipinski definition) is 1. The maximum absolute atomic E-state index is 6.43. The fourth-order valence-corrected chi connectivity index (χ4v) is 3.56. The van der Waals surface area contributed by atoms with E-state index in [0.717, 1.165) is 35.1 Å². The van der Waals surface area contributed by atoms with Crippen LogP contribution in [0, 0.1) is 0 Å². The summed E-state index contributed by atoms with van der Waals surface area (Å²) >= 11 is 8.19. The van der Waals surface area contributed by atoms with Gasteiger partial charge in [0.2, 0.25) is 0 Å². The van der Waals surface area contributed by atoms with Gasteiger partial charge < -0.3 is 5.32 Å². The molecule has 0 atom stereocenters. The first-order valence-corrected chi connectivity index (χ1v) is 8.43. The molecule has 3 rings (SSSR count). The van der Waals surface area contributed by atoms with Crippen LogP contribution in [0.1, 0.15) is 25.2 Å². The molecule has 0 bridgehead atoms. The molecule has 0 unspecified atom stereocenters. The number of halogens is 1. The smallest absolute Gasteiger partial charge is 0.0868 e. The Bertz CT molecular complexity index is 760. The minimum atomic E-state index is 0.690. The highest BCUT2D eigenvalue weighted by atomic mass is 35.5. The van der Waals surface area contributed by atoms with E-state index < -0.39 is 0 Å². The molecule has 3 aromatic rings. The molecule has 5 heteroatoms. The van der Waals surface area contributed by atoms with Gasteiger partial charge in [-0.1, -0.05) is 18.5 Å². The van der Waals surface area contributed by atoms with Gasteiger partial charge in [-0.3, -0.25) is 4.68 Å². The van der Waals surface area contributed by atoms with E-state index in [4.69, 9.17) is 11.6 Å². The number of thiophene rings is 1. The van der Waals surface area contributed by atoms with Crippen molar-refractivity contribution in [3.63, 3.8) is 0 Å². The van der Waals surface area contributed by atoms with E-state index in [2.05, 4.69) is 53.9 Å². The molecule has 2 heterocycles. The number of nitrogens with one attached hydrogen (secondary N) is 1. The maximum atomic E-state index is 6.43. The molecule has 0 aliphatic heterocycles. The van der Waals surface area contributed by atoms with Crippen molar-refractivity contribution in [2.75, 3.05) is 5.32 Å². The first-order valence-electron chi connectivity index (χ1n) is 7.18. The van der Waals surface area contributed by atoms with Crippen LogP contribution in [0.5, 0.6) is 0 Å². The van der Waals surface area contributed by atoms with Crippen LogP contribution in [-0.2, 0) is 19.5 Å². The Hall–Kier alpha value is -1.52. The third kappa shape index (κ3) is 2.78. The fraction of sp³-hybridized carbons (Fsp3) is 0.312. The van der Waals surface area contributed by atoms with E-state index >= 15 is 0 Å². The van der Waals surface area contributed by atoms with Gasteiger partial charge in [0.05, 0.1) is 23.0 Å². The lowest BCUT2D eigenvalue weighted by atomic mass is 10.2. The summed E-state index contributed by atoms with van der Waals surface area (Å²) in [6.07, 6.45) is 0.861. The van der Waals surface area contributed by atoms with Crippen molar-refractivity contribution in [1.82, 2.24) is 9.78 Å². The Morgan fingerprint density at radius 2 is 2.14 bits per heavy atom. The zero-order valence-corrected chi connectivity index (χ0v) is 13.8. The van der Waals surface area contributed by atoms with Gasteiger partial charge in [0.15, 0.2) is 0 Å². The number of aryl methyl sites for hydroxylation is 2. The minimum Gasteiger partial charge on any atom is -0.379 e. The van der Waals surface area contributed by atoms with Crippen LogP contribution in [0.25, 0.3) is 10.1 Å². The predicted molar refractivity (Wildman–Crippen MR) is 91.4 cm³/mol. The van der Waals surface area contributed by atoms with Crippen LogP contribution in [0.4, 0.5) is 5.69 Å². The molecule has 1 aromatic carbocycles. The van der Waals surface area contributed by atoms with Crippen LogP contribution in [-0.4, -0.2) is 9.78 Å². The summed E-state index contributed by atoms with van der Waals surface area (Å²) in [5, 5.41) is 12.2. The summed E-state index contributed by atoms with van der Waals surface area (Å²) in [5.41, 5.74) is 3.14. The van der Waals surface area contributed by atoms with Crippen LogP contribution in [0.2, 0.25) is 5.02 Å². The Morgan fingerprint density at radius 3 is 2.90 bits per heavy atom. The molecule has 0 amide bonds. The molecule has 0 radical (unpaired) electrons. The zero-order valence-electron chi connectivity index (χ0n) is 12.2. The van der Waals surface area contributed by atoms with Gasteiger partial charge in [-0.05, 0) is 48.4 Å². The average Bonchev–Trinajstić information content (AvgIpc) is 3.08. The second-order valence-corrected chi connectivity index (χ2v) is 6.23. The largest absolute Gasteiger partial charge is 0.379 e. The van der Waals surface area contributed by atoms with Gasteiger partial charge in [-0.15, -0.1) is 11.3 Å². The third-order valence-corrected chi connectivity index (χ3v) is 4.94. The number of rotatable bonds is 5. The third-order valence-electron chi connectivity index (χ3n) is 3.61. The molecular weight excluding hydrogens is 302 g/mol. The Kier molecular flexibility index (Phi) is 4.17. The van der Waals surface area contributed by atoms with Gasteiger partial charge in [-0.25, -0.2) is 0 Å². The SMILES string of the molecule is CCc1nn(CC)c(CNc2ccc3sccc3c2)c1Cl. The number of nitrogens with zero attached hydrogens (tertiary/aromatic N) is 2. The van der Waals surface area contributed by atoms with Crippen LogP contribution in [0.3, 0.4) is 0 Å². The summed E-state index contributed by atoms with van der Waals surface area (Å²) < 4.78 is 3.29. The molecule has 0 fully saturated rings. The standard InChI is InChI=1S/C16H18ClN3S/c1-3-13-16(17)14(20(4-2)19-13)10-18-12-5-6-15-11(9-12)7-8-21-15/h5-9,18H,3-4,10H2,1-2H3.